The van der Waals surface area contributed by atoms with Gasteiger partial charge >= 0.3 is 6.01 Å². The average molecular weight is 243 g/mol. The zero-order chi connectivity index (χ0) is 12.4. The minimum absolute atomic E-state index is 0.222. The molecule has 0 aliphatic heterocycles. The zero-order valence-corrected chi connectivity index (χ0v) is 9.24. The molecule has 3 aromatic rings. The van der Waals surface area contributed by atoms with Gasteiger partial charge in [0.2, 0.25) is 0 Å². The number of hydrogen-bond donors (Lipinski definition) is 2. The summed E-state index contributed by atoms with van der Waals surface area (Å²) in [5.41, 5.74) is 7.34. The fraction of sp³-hybridized carbons (Fsp3) is 0.100. The lowest BCUT2D eigenvalue weighted by Crippen LogP contribution is -2.01. The van der Waals surface area contributed by atoms with Crippen LogP contribution in [0.15, 0.2) is 24.5 Å². The molecule has 3 rings (SSSR count). The van der Waals surface area contributed by atoms with Crippen LogP contribution in [0.1, 0.15) is 5.69 Å². The molecule has 0 aromatic carbocycles. The van der Waals surface area contributed by atoms with Crippen LogP contribution in [0.5, 0.6) is 6.01 Å². The molecule has 3 aromatic heterocycles. The van der Waals surface area contributed by atoms with Crippen LogP contribution < -0.4 is 10.5 Å². The Kier molecular flexibility index (Phi) is 2.45. The number of nitrogen functional groups attached to an aromatic ring is 1. The largest absolute Gasteiger partial charge is 0.457 e. The summed E-state index contributed by atoms with van der Waals surface area (Å²) < 4.78 is 5.39. The summed E-state index contributed by atoms with van der Waals surface area (Å²) in [6.07, 6.45) is 3.16. The van der Waals surface area contributed by atoms with Gasteiger partial charge in [0.1, 0.15) is 17.8 Å². The Bertz CT molecular complexity index is 666. The fourth-order valence-corrected chi connectivity index (χ4v) is 1.43. The second-order valence-corrected chi connectivity index (χ2v) is 3.52. The molecular weight excluding hydrogens is 234 g/mol. The molecule has 3 N–H and O–H groups in total. The molecule has 0 saturated carbocycles. The molecule has 0 fully saturated rings. The smallest absolute Gasteiger partial charge is 0.318 e. The average Bonchev–Trinajstić information content (AvgIpc) is 2.77. The van der Waals surface area contributed by atoms with Gasteiger partial charge in [0.15, 0.2) is 11.6 Å². The van der Waals surface area contributed by atoms with Crippen molar-refractivity contribution in [3.63, 3.8) is 0 Å². The number of fused-ring (bicyclic) bond motifs is 1. The lowest BCUT2D eigenvalue weighted by Gasteiger charge is -2.01. The number of imidazole rings is 1. The molecule has 8 heteroatoms. The number of nitrogens with zero attached hydrogens (tertiary/aromatic N) is 5. The third kappa shape index (κ3) is 2.03. The van der Waals surface area contributed by atoms with Gasteiger partial charge in [-0.3, -0.25) is 0 Å². The maximum absolute atomic E-state index is 5.51. The molecule has 18 heavy (non-hydrogen) atoms. The van der Waals surface area contributed by atoms with Crippen LogP contribution in [-0.2, 0) is 6.61 Å². The highest BCUT2D eigenvalue weighted by atomic mass is 16.5. The number of nitrogens with one attached hydrogen (secondary N) is 1. The van der Waals surface area contributed by atoms with Crippen molar-refractivity contribution in [2.45, 2.75) is 6.61 Å². The predicted octanol–water partition coefficient (Wildman–Crippen LogP) is 0.304. The number of hydrogen-bond acceptors (Lipinski definition) is 7. The molecule has 0 atom stereocenters. The van der Waals surface area contributed by atoms with E-state index >= 15 is 0 Å². The molecule has 0 saturated heterocycles. The summed E-state index contributed by atoms with van der Waals surface area (Å²) in [7, 11) is 0. The van der Waals surface area contributed by atoms with E-state index in [9.17, 15) is 0 Å². The summed E-state index contributed by atoms with van der Waals surface area (Å²) in [5.74, 6) is 0.297. The monoisotopic (exact) mass is 243 g/mol. The van der Waals surface area contributed by atoms with Gasteiger partial charge in [-0.2, -0.15) is 20.2 Å². The van der Waals surface area contributed by atoms with Crippen molar-refractivity contribution in [3.8, 4) is 6.01 Å². The van der Waals surface area contributed by atoms with Gasteiger partial charge in [-0.15, -0.1) is 0 Å². The molecule has 90 valence electrons. The Hall–Kier alpha value is -2.77. The van der Waals surface area contributed by atoms with Gasteiger partial charge in [0.05, 0.1) is 6.20 Å². The van der Waals surface area contributed by atoms with Gasteiger partial charge in [-0.25, -0.2) is 4.98 Å². The first kappa shape index (κ1) is 10.4. The highest BCUT2D eigenvalue weighted by Crippen LogP contribution is 2.12. The number of H-pyrrole nitrogens is 1. The summed E-state index contributed by atoms with van der Waals surface area (Å²) in [6, 6.07) is 3.81. The SMILES string of the molecule is Nc1nc2nc(OCc3cccnn3)ncc2[nH]1. The summed E-state index contributed by atoms with van der Waals surface area (Å²) in [4.78, 5) is 14.9. The second kappa shape index (κ2) is 4.24. The second-order valence-electron chi connectivity index (χ2n) is 3.52. The summed E-state index contributed by atoms with van der Waals surface area (Å²) in [5, 5.41) is 7.63. The molecule has 0 bridgehead atoms. The van der Waals surface area contributed by atoms with Gasteiger partial charge in [-0.05, 0) is 12.1 Å². The number of rotatable bonds is 3. The van der Waals surface area contributed by atoms with E-state index in [4.69, 9.17) is 10.5 Å². The lowest BCUT2D eigenvalue weighted by molar-refractivity contribution is 0.276. The standard InChI is InChI=1S/C10H9N7O/c11-9-14-7-4-12-10(16-8(7)15-9)18-5-6-2-1-3-13-17-6/h1-4H,5H2,(H3,11,12,14,15,16). The third-order valence-electron chi connectivity index (χ3n) is 2.21. The van der Waals surface area contributed by atoms with E-state index in [1.165, 1.54) is 0 Å². The van der Waals surface area contributed by atoms with E-state index in [0.29, 0.717) is 22.8 Å². The van der Waals surface area contributed by atoms with Crippen LogP contribution >= 0.6 is 0 Å². The molecule has 0 radical (unpaired) electrons. The van der Waals surface area contributed by atoms with E-state index in [0.717, 1.165) is 0 Å². The molecule has 0 unspecified atom stereocenters. The minimum Gasteiger partial charge on any atom is -0.457 e. The maximum Gasteiger partial charge on any atom is 0.318 e. The highest BCUT2D eigenvalue weighted by Gasteiger charge is 2.05. The van der Waals surface area contributed by atoms with Crippen LogP contribution in [0.3, 0.4) is 0 Å². The fourth-order valence-electron chi connectivity index (χ4n) is 1.43. The van der Waals surface area contributed by atoms with Crippen molar-refractivity contribution in [2.75, 3.05) is 5.73 Å². The molecule has 3 heterocycles. The number of nitrogens with two attached hydrogens (primary N) is 1. The predicted molar refractivity (Wildman–Crippen MR) is 62.5 cm³/mol. The van der Waals surface area contributed by atoms with Gasteiger partial charge in [-0.1, -0.05) is 0 Å². The quantitative estimate of drug-likeness (QED) is 0.679. The number of aromatic nitrogens is 6. The molecule has 0 spiro atoms. The first-order valence-electron chi connectivity index (χ1n) is 5.19. The molecular formula is C10H9N7O. The third-order valence-corrected chi connectivity index (χ3v) is 2.21. The Morgan fingerprint density at radius 1 is 1.33 bits per heavy atom. The Balaban J connectivity index is 1.78. The normalized spacial score (nSPS) is 10.7. The van der Waals surface area contributed by atoms with Gasteiger partial charge in [0, 0.05) is 6.20 Å². The van der Waals surface area contributed by atoms with E-state index in [1.807, 2.05) is 0 Å². The van der Waals surface area contributed by atoms with Crippen molar-refractivity contribution in [1.82, 2.24) is 30.1 Å². The molecule has 0 amide bonds. The first-order valence-corrected chi connectivity index (χ1v) is 5.19. The van der Waals surface area contributed by atoms with Crippen molar-refractivity contribution in [3.05, 3.63) is 30.2 Å². The molecule has 0 aliphatic carbocycles. The number of aromatic amines is 1. The maximum atomic E-state index is 5.51. The van der Waals surface area contributed by atoms with Crippen molar-refractivity contribution in [2.24, 2.45) is 0 Å². The van der Waals surface area contributed by atoms with Crippen molar-refractivity contribution in [1.29, 1.82) is 0 Å². The topological polar surface area (TPSA) is 115 Å². The highest BCUT2D eigenvalue weighted by molar-refractivity contribution is 5.71. The molecule has 8 nitrogen and oxygen atoms in total. The summed E-state index contributed by atoms with van der Waals surface area (Å²) >= 11 is 0. The van der Waals surface area contributed by atoms with Crippen LogP contribution in [0.25, 0.3) is 11.2 Å². The Labute approximate surface area is 101 Å². The van der Waals surface area contributed by atoms with Crippen LogP contribution in [-0.4, -0.2) is 30.1 Å². The number of anilines is 1. The first-order chi connectivity index (χ1) is 8.81. The van der Waals surface area contributed by atoms with E-state index in [1.54, 1.807) is 24.5 Å². The van der Waals surface area contributed by atoms with Gasteiger partial charge in [0.25, 0.3) is 0 Å². The van der Waals surface area contributed by atoms with Crippen LogP contribution in [0.4, 0.5) is 5.95 Å². The minimum atomic E-state index is 0.222. The Morgan fingerprint density at radius 2 is 2.28 bits per heavy atom. The van der Waals surface area contributed by atoms with Crippen LogP contribution in [0.2, 0.25) is 0 Å². The van der Waals surface area contributed by atoms with Crippen molar-refractivity contribution >= 4 is 17.1 Å². The van der Waals surface area contributed by atoms with E-state index in [-0.39, 0.29) is 12.6 Å². The summed E-state index contributed by atoms with van der Waals surface area (Å²) in [6.45, 7) is 0.249. The van der Waals surface area contributed by atoms with E-state index < -0.39 is 0 Å². The van der Waals surface area contributed by atoms with Gasteiger partial charge < -0.3 is 15.5 Å². The Morgan fingerprint density at radius 3 is 3.11 bits per heavy atom. The molecule has 0 aliphatic rings. The van der Waals surface area contributed by atoms with Crippen molar-refractivity contribution < 1.29 is 4.74 Å². The zero-order valence-electron chi connectivity index (χ0n) is 9.24. The lowest BCUT2D eigenvalue weighted by atomic mass is 10.4. The van der Waals surface area contributed by atoms with Crippen LogP contribution in [0, 0.1) is 0 Å². The number of ether oxygens (including phenoxy) is 1. The van der Waals surface area contributed by atoms with E-state index in [2.05, 4.69) is 30.1 Å².